The molecule has 1 aromatic carbocycles. The summed E-state index contributed by atoms with van der Waals surface area (Å²) in [5.74, 6) is 0.106. The molecule has 0 aliphatic heterocycles. The summed E-state index contributed by atoms with van der Waals surface area (Å²) in [5, 5.41) is 0. The Morgan fingerprint density at radius 1 is 1.30 bits per heavy atom. The van der Waals surface area contributed by atoms with Crippen LogP contribution in [-0.4, -0.2) is 25.0 Å². The van der Waals surface area contributed by atoms with Crippen LogP contribution in [0.4, 0.5) is 0 Å². The van der Waals surface area contributed by atoms with Crippen LogP contribution in [0.25, 0.3) is 0 Å². The Bertz CT molecular complexity index is 465. The molecule has 0 saturated carbocycles. The number of hydrogen-bond acceptors (Lipinski definition) is 4. The van der Waals surface area contributed by atoms with E-state index in [1.807, 2.05) is 6.92 Å². The predicted molar refractivity (Wildman–Crippen MR) is 83.2 cm³/mol. The van der Waals surface area contributed by atoms with Crippen molar-refractivity contribution in [1.82, 2.24) is 0 Å². The van der Waals surface area contributed by atoms with Crippen molar-refractivity contribution in [2.75, 3.05) is 6.61 Å². The van der Waals surface area contributed by atoms with Crippen LogP contribution >= 0.6 is 31.9 Å². The Hall–Kier alpha value is -0.880. The molecule has 1 aromatic rings. The van der Waals surface area contributed by atoms with E-state index in [4.69, 9.17) is 9.47 Å². The van der Waals surface area contributed by atoms with Crippen molar-refractivity contribution in [3.05, 3.63) is 26.6 Å². The molecule has 110 valence electrons. The lowest BCUT2D eigenvalue weighted by molar-refractivity contribution is -0.151. The molecule has 6 heteroatoms. The van der Waals surface area contributed by atoms with E-state index >= 15 is 0 Å². The number of rotatable bonds is 7. The molecule has 0 heterocycles. The molecule has 0 fully saturated rings. The molecule has 0 aromatic heterocycles. The highest BCUT2D eigenvalue weighted by Gasteiger charge is 2.23. The van der Waals surface area contributed by atoms with Gasteiger partial charge in [-0.25, -0.2) is 4.79 Å². The SMILES string of the molecule is CCCC(Oc1c(Br)cc(C=O)cc1Br)C(=O)OCC. The summed E-state index contributed by atoms with van der Waals surface area (Å²) in [6.45, 7) is 4.04. The van der Waals surface area contributed by atoms with Gasteiger partial charge in [0.2, 0.25) is 0 Å². The standard InChI is InChI=1S/C14H16Br2O4/c1-3-5-12(14(18)19-4-2)20-13-10(15)6-9(8-17)7-11(13)16/h6-8,12H,3-5H2,1-2H3. The van der Waals surface area contributed by atoms with Gasteiger partial charge in [-0.1, -0.05) is 13.3 Å². The predicted octanol–water partition coefficient (Wildman–Crippen LogP) is 4.13. The Morgan fingerprint density at radius 2 is 1.90 bits per heavy atom. The van der Waals surface area contributed by atoms with Gasteiger partial charge < -0.3 is 9.47 Å². The molecular formula is C14H16Br2O4. The van der Waals surface area contributed by atoms with Gasteiger partial charge in [-0.2, -0.15) is 0 Å². The van der Waals surface area contributed by atoms with Crippen LogP contribution in [0, 0.1) is 0 Å². The molecule has 1 unspecified atom stereocenters. The second-order valence-corrected chi connectivity index (χ2v) is 5.79. The number of hydrogen-bond donors (Lipinski definition) is 0. The van der Waals surface area contributed by atoms with Crippen molar-refractivity contribution in [2.45, 2.75) is 32.8 Å². The van der Waals surface area contributed by atoms with Gasteiger partial charge in [-0.05, 0) is 57.3 Å². The molecule has 4 nitrogen and oxygen atoms in total. The van der Waals surface area contributed by atoms with Gasteiger partial charge in [0.25, 0.3) is 0 Å². The topological polar surface area (TPSA) is 52.6 Å². The van der Waals surface area contributed by atoms with E-state index in [-0.39, 0.29) is 5.97 Å². The number of carbonyl (C=O) groups excluding carboxylic acids is 2. The summed E-state index contributed by atoms with van der Waals surface area (Å²) in [4.78, 5) is 22.6. The fourth-order valence-corrected chi connectivity index (χ4v) is 3.03. The molecule has 1 rings (SSSR count). The van der Waals surface area contributed by atoms with Crippen LogP contribution < -0.4 is 4.74 Å². The molecule has 1 atom stereocenters. The maximum absolute atomic E-state index is 11.8. The third-order valence-electron chi connectivity index (χ3n) is 2.52. The van der Waals surface area contributed by atoms with E-state index in [1.54, 1.807) is 19.1 Å². The molecule has 0 saturated heterocycles. The van der Waals surface area contributed by atoms with Crippen molar-refractivity contribution in [2.24, 2.45) is 0 Å². The molecule has 0 aliphatic carbocycles. The van der Waals surface area contributed by atoms with Crippen LogP contribution in [0.3, 0.4) is 0 Å². The zero-order valence-electron chi connectivity index (χ0n) is 11.3. The van der Waals surface area contributed by atoms with Gasteiger partial charge in [-0.3, -0.25) is 4.79 Å². The van der Waals surface area contributed by atoms with Crippen molar-refractivity contribution < 1.29 is 19.1 Å². The van der Waals surface area contributed by atoms with Crippen molar-refractivity contribution in [3.8, 4) is 5.75 Å². The highest BCUT2D eigenvalue weighted by molar-refractivity contribution is 9.11. The maximum atomic E-state index is 11.8. The molecule has 0 aliphatic rings. The van der Waals surface area contributed by atoms with Gasteiger partial charge in [0.05, 0.1) is 15.6 Å². The Kier molecular flexibility index (Phi) is 7.23. The van der Waals surface area contributed by atoms with E-state index in [0.717, 1.165) is 12.7 Å². The van der Waals surface area contributed by atoms with E-state index in [1.165, 1.54) is 0 Å². The van der Waals surface area contributed by atoms with Gasteiger partial charge in [0, 0.05) is 5.56 Å². The number of esters is 1. The van der Waals surface area contributed by atoms with E-state index in [0.29, 0.717) is 33.3 Å². The number of aldehydes is 1. The second-order valence-electron chi connectivity index (χ2n) is 4.08. The first-order valence-corrected chi connectivity index (χ1v) is 7.89. The Morgan fingerprint density at radius 3 is 2.35 bits per heavy atom. The van der Waals surface area contributed by atoms with Gasteiger partial charge in [0.1, 0.15) is 12.0 Å². The normalized spacial score (nSPS) is 11.8. The van der Waals surface area contributed by atoms with Crippen molar-refractivity contribution >= 4 is 44.1 Å². The first-order valence-electron chi connectivity index (χ1n) is 6.30. The molecular weight excluding hydrogens is 392 g/mol. The fourth-order valence-electron chi connectivity index (χ4n) is 1.62. The van der Waals surface area contributed by atoms with Crippen molar-refractivity contribution in [1.29, 1.82) is 0 Å². The highest BCUT2D eigenvalue weighted by atomic mass is 79.9. The lowest BCUT2D eigenvalue weighted by Gasteiger charge is -2.19. The zero-order chi connectivity index (χ0) is 15.1. The summed E-state index contributed by atoms with van der Waals surface area (Å²) in [6.07, 6.45) is 1.45. The monoisotopic (exact) mass is 406 g/mol. The minimum absolute atomic E-state index is 0.314. The molecule has 20 heavy (non-hydrogen) atoms. The maximum Gasteiger partial charge on any atom is 0.347 e. The number of halogens is 2. The first kappa shape index (κ1) is 17.2. The van der Waals surface area contributed by atoms with Crippen LogP contribution in [0.15, 0.2) is 21.1 Å². The average Bonchev–Trinajstić information content (AvgIpc) is 2.41. The largest absolute Gasteiger partial charge is 0.476 e. The van der Waals surface area contributed by atoms with Crippen LogP contribution in [0.1, 0.15) is 37.0 Å². The number of ether oxygens (including phenoxy) is 2. The van der Waals surface area contributed by atoms with Crippen LogP contribution in [0.5, 0.6) is 5.75 Å². The van der Waals surface area contributed by atoms with Gasteiger partial charge in [0.15, 0.2) is 6.10 Å². The quantitative estimate of drug-likeness (QED) is 0.503. The molecule has 0 amide bonds. The van der Waals surface area contributed by atoms with E-state index < -0.39 is 6.10 Å². The smallest absolute Gasteiger partial charge is 0.347 e. The zero-order valence-corrected chi connectivity index (χ0v) is 14.5. The van der Waals surface area contributed by atoms with Crippen molar-refractivity contribution in [3.63, 3.8) is 0 Å². The summed E-state index contributed by atoms with van der Waals surface area (Å²) in [7, 11) is 0. The third kappa shape index (κ3) is 4.59. The fraction of sp³-hybridized carbons (Fsp3) is 0.429. The van der Waals surface area contributed by atoms with Crippen LogP contribution in [0.2, 0.25) is 0 Å². The summed E-state index contributed by atoms with van der Waals surface area (Å²) in [6, 6.07) is 3.28. The summed E-state index contributed by atoms with van der Waals surface area (Å²) >= 11 is 6.68. The minimum atomic E-state index is -0.658. The highest BCUT2D eigenvalue weighted by Crippen LogP contribution is 2.35. The second kappa shape index (κ2) is 8.42. The lowest BCUT2D eigenvalue weighted by atomic mass is 10.2. The van der Waals surface area contributed by atoms with Crippen LogP contribution in [-0.2, 0) is 9.53 Å². The first-order chi connectivity index (χ1) is 9.53. The number of benzene rings is 1. The van der Waals surface area contributed by atoms with Gasteiger partial charge in [-0.15, -0.1) is 0 Å². The lowest BCUT2D eigenvalue weighted by Crippen LogP contribution is -2.29. The summed E-state index contributed by atoms with van der Waals surface area (Å²) < 4.78 is 12.0. The molecule has 0 bridgehead atoms. The molecule has 0 spiro atoms. The van der Waals surface area contributed by atoms with Gasteiger partial charge >= 0.3 is 5.97 Å². The average molecular weight is 408 g/mol. The Balaban J connectivity index is 2.99. The molecule has 0 radical (unpaired) electrons. The Labute approximate surface area is 135 Å². The summed E-state index contributed by atoms with van der Waals surface area (Å²) in [5.41, 5.74) is 0.513. The minimum Gasteiger partial charge on any atom is -0.476 e. The molecule has 0 N–H and O–H groups in total. The third-order valence-corrected chi connectivity index (χ3v) is 3.70. The van der Waals surface area contributed by atoms with E-state index in [2.05, 4.69) is 31.9 Å². The number of carbonyl (C=O) groups is 2. The van der Waals surface area contributed by atoms with E-state index in [9.17, 15) is 9.59 Å².